The zero-order valence-electron chi connectivity index (χ0n) is 14.5. The Kier molecular flexibility index (Phi) is 12.2. The number of carboxylic acid groups (broad SMARTS) is 1. The molecule has 24 heavy (non-hydrogen) atoms. The maximum atomic E-state index is 11.9. The number of hydrogen-bond acceptors (Lipinski definition) is 6. The highest BCUT2D eigenvalue weighted by Crippen LogP contribution is 2.10. The minimum absolute atomic E-state index is 0.101. The van der Waals surface area contributed by atoms with Gasteiger partial charge in [0.2, 0.25) is 0 Å². The average Bonchev–Trinajstić information content (AvgIpc) is 2.52. The number of ether oxygens (including phenoxy) is 2. The Morgan fingerprint density at radius 2 is 1.79 bits per heavy atom. The third kappa shape index (κ3) is 11.5. The van der Waals surface area contributed by atoms with Crippen molar-refractivity contribution in [3.8, 4) is 0 Å². The lowest BCUT2D eigenvalue weighted by Gasteiger charge is -2.13. The van der Waals surface area contributed by atoms with Crippen LogP contribution < -0.4 is 5.11 Å². The van der Waals surface area contributed by atoms with Gasteiger partial charge in [0.25, 0.3) is 0 Å². The maximum absolute atomic E-state index is 11.9. The van der Waals surface area contributed by atoms with Crippen molar-refractivity contribution in [1.82, 2.24) is 0 Å². The molecule has 1 atom stereocenters. The molecule has 0 N–H and O–H groups in total. The number of carbonyl (C=O) groups is 3. The molecule has 0 fully saturated rings. The number of rotatable bonds is 13. The van der Waals surface area contributed by atoms with Crippen LogP contribution in [-0.2, 0) is 23.9 Å². The van der Waals surface area contributed by atoms with E-state index in [2.05, 4.69) is 13.5 Å². The molecule has 0 aliphatic carbocycles. The molecule has 0 aromatic carbocycles. The van der Waals surface area contributed by atoms with E-state index in [0.717, 1.165) is 32.1 Å². The van der Waals surface area contributed by atoms with Gasteiger partial charge in [-0.1, -0.05) is 44.9 Å². The lowest BCUT2D eigenvalue weighted by atomic mass is 10.0. The maximum Gasteiger partial charge on any atom is 0.333 e. The van der Waals surface area contributed by atoms with Crippen molar-refractivity contribution in [2.75, 3.05) is 13.2 Å². The molecule has 0 aromatic rings. The molecule has 0 aromatic heterocycles. The molecule has 6 nitrogen and oxygen atoms in total. The Bertz CT molecular complexity index is 452. The molecule has 6 heteroatoms. The second-order valence-electron chi connectivity index (χ2n) is 5.54. The molecule has 0 amide bonds. The van der Waals surface area contributed by atoms with Crippen LogP contribution in [0.4, 0.5) is 0 Å². The van der Waals surface area contributed by atoms with Crippen molar-refractivity contribution in [3.05, 3.63) is 24.3 Å². The summed E-state index contributed by atoms with van der Waals surface area (Å²) in [6.07, 6.45) is 8.08. The van der Waals surface area contributed by atoms with Crippen LogP contribution in [0.15, 0.2) is 24.3 Å². The number of hydrogen-bond donors (Lipinski definition) is 0. The summed E-state index contributed by atoms with van der Waals surface area (Å²) < 4.78 is 9.73. The molecule has 0 heterocycles. The van der Waals surface area contributed by atoms with Crippen LogP contribution in [0.1, 0.15) is 52.4 Å². The Morgan fingerprint density at radius 3 is 2.38 bits per heavy atom. The predicted molar refractivity (Wildman–Crippen MR) is 87.7 cm³/mol. The van der Waals surface area contributed by atoms with Gasteiger partial charge in [-0.15, -0.1) is 0 Å². The summed E-state index contributed by atoms with van der Waals surface area (Å²) in [6, 6.07) is 0. The van der Waals surface area contributed by atoms with Crippen molar-refractivity contribution in [2.45, 2.75) is 52.4 Å². The first-order valence-electron chi connectivity index (χ1n) is 8.24. The third-order valence-corrected chi connectivity index (χ3v) is 3.19. The van der Waals surface area contributed by atoms with Crippen LogP contribution in [0.3, 0.4) is 0 Å². The van der Waals surface area contributed by atoms with Gasteiger partial charge in [0.05, 0.1) is 5.92 Å². The summed E-state index contributed by atoms with van der Waals surface area (Å²) in [7, 11) is 0. The number of carbonyl (C=O) groups excluding carboxylic acids is 3. The molecular weight excluding hydrogens is 312 g/mol. The second-order valence-corrected chi connectivity index (χ2v) is 5.54. The van der Waals surface area contributed by atoms with Crippen LogP contribution >= 0.6 is 0 Å². The van der Waals surface area contributed by atoms with E-state index in [1.54, 1.807) is 12.2 Å². The Morgan fingerprint density at radius 1 is 1.12 bits per heavy atom. The van der Waals surface area contributed by atoms with E-state index < -0.39 is 30.2 Å². The monoisotopic (exact) mass is 339 g/mol. The van der Waals surface area contributed by atoms with Gasteiger partial charge in [0.15, 0.2) is 0 Å². The SMILES string of the molecule is C=C(C)C(=O)OCCOC(=O)C(C=CCCCCCC)CC(=O)[O-]. The van der Waals surface area contributed by atoms with Crippen molar-refractivity contribution >= 4 is 17.9 Å². The molecule has 0 aliphatic rings. The van der Waals surface area contributed by atoms with Gasteiger partial charge < -0.3 is 19.4 Å². The van der Waals surface area contributed by atoms with Gasteiger partial charge in [0.1, 0.15) is 13.2 Å². The topological polar surface area (TPSA) is 92.7 Å². The predicted octanol–water partition coefficient (Wildman–Crippen LogP) is 1.93. The van der Waals surface area contributed by atoms with Gasteiger partial charge in [-0.3, -0.25) is 4.79 Å². The number of carboxylic acids is 1. The number of esters is 2. The van der Waals surface area contributed by atoms with Crippen molar-refractivity contribution in [2.24, 2.45) is 5.92 Å². The summed E-state index contributed by atoms with van der Waals surface area (Å²) in [6.45, 7) is 6.82. The molecule has 0 radical (unpaired) electrons. The smallest absolute Gasteiger partial charge is 0.333 e. The first kappa shape index (κ1) is 21.9. The Hall–Kier alpha value is -2.11. The average molecular weight is 339 g/mol. The number of aliphatic carboxylic acids is 1. The van der Waals surface area contributed by atoms with E-state index >= 15 is 0 Å². The molecule has 0 spiro atoms. The highest BCUT2D eigenvalue weighted by atomic mass is 16.6. The van der Waals surface area contributed by atoms with Crippen LogP contribution in [0, 0.1) is 5.92 Å². The normalized spacial score (nSPS) is 11.9. The zero-order valence-corrected chi connectivity index (χ0v) is 14.5. The van der Waals surface area contributed by atoms with Crippen molar-refractivity contribution in [1.29, 1.82) is 0 Å². The summed E-state index contributed by atoms with van der Waals surface area (Å²) in [5, 5.41) is 10.8. The standard InChI is InChI=1S/C18H28O6/c1-4-5-6-7-8-9-10-15(13-16(19)20)18(22)24-12-11-23-17(21)14(2)3/h9-10,15H,2,4-8,11-13H2,1,3H3,(H,19,20)/p-1. The fourth-order valence-corrected chi connectivity index (χ4v) is 1.87. The molecule has 1 unspecified atom stereocenters. The quantitative estimate of drug-likeness (QED) is 0.220. The number of allylic oxidation sites excluding steroid dienone is 1. The molecule has 0 rings (SSSR count). The molecule has 0 saturated heterocycles. The highest BCUT2D eigenvalue weighted by Gasteiger charge is 2.17. The first-order chi connectivity index (χ1) is 11.4. The van der Waals surface area contributed by atoms with Gasteiger partial charge in [-0.25, -0.2) is 4.79 Å². The lowest BCUT2D eigenvalue weighted by molar-refractivity contribution is -0.306. The van der Waals surface area contributed by atoms with E-state index in [9.17, 15) is 19.5 Å². The fraction of sp³-hybridized carbons (Fsp3) is 0.611. The lowest BCUT2D eigenvalue weighted by Crippen LogP contribution is -2.29. The summed E-state index contributed by atoms with van der Waals surface area (Å²) >= 11 is 0. The molecular formula is C18H27O6-. The Labute approximate surface area is 143 Å². The first-order valence-corrected chi connectivity index (χ1v) is 8.24. The molecule has 136 valence electrons. The molecule has 0 bridgehead atoms. The van der Waals surface area contributed by atoms with Gasteiger partial charge >= 0.3 is 11.9 Å². The minimum Gasteiger partial charge on any atom is -0.550 e. The fourth-order valence-electron chi connectivity index (χ4n) is 1.87. The molecule has 0 aliphatic heterocycles. The highest BCUT2D eigenvalue weighted by molar-refractivity contribution is 5.86. The van der Waals surface area contributed by atoms with Gasteiger partial charge in [-0.2, -0.15) is 0 Å². The summed E-state index contributed by atoms with van der Waals surface area (Å²) in [5.74, 6) is -3.45. The Balaban J connectivity index is 4.24. The molecule has 0 saturated carbocycles. The van der Waals surface area contributed by atoms with E-state index in [4.69, 9.17) is 9.47 Å². The van der Waals surface area contributed by atoms with Gasteiger partial charge in [-0.05, 0) is 19.8 Å². The summed E-state index contributed by atoms with van der Waals surface area (Å²) in [4.78, 5) is 33.8. The van der Waals surface area contributed by atoms with Crippen LogP contribution in [0.2, 0.25) is 0 Å². The van der Waals surface area contributed by atoms with Crippen molar-refractivity contribution in [3.63, 3.8) is 0 Å². The number of unbranched alkanes of at least 4 members (excludes halogenated alkanes) is 4. The minimum atomic E-state index is -1.32. The van der Waals surface area contributed by atoms with E-state index in [1.165, 1.54) is 6.92 Å². The van der Waals surface area contributed by atoms with E-state index in [0.29, 0.717) is 0 Å². The van der Waals surface area contributed by atoms with Crippen molar-refractivity contribution < 1.29 is 29.0 Å². The third-order valence-electron chi connectivity index (χ3n) is 3.19. The van der Waals surface area contributed by atoms with Crippen LogP contribution in [-0.4, -0.2) is 31.1 Å². The van der Waals surface area contributed by atoms with Crippen LogP contribution in [0.25, 0.3) is 0 Å². The van der Waals surface area contributed by atoms with E-state index in [-0.39, 0.29) is 18.8 Å². The zero-order chi connectivity index (χ0) is 18.4. The second kappa shape index (κ2) is 13.3. The van der Waals surface area contributed by atoms with Crippen LogP contribution in [0.5, 0.6) is 0 Å². The largest absolute Gasteiger partial charge is 0.550 e. The van der Waals surface area contributed by atoms with E-state index in [1.807, 2.05) is 0 Å². The summed E-state index contributed by atoms with van der Waals surface area (Å²) in [5.41, 5.74) is 0.252. The van der Waals surface area contributed by atoms with Gasteiger partial charge in [0, 0.05) is 18.0 Å².